The fourth-order valence-corrected chi connectivity index (χ4v) is 3.31. The summed E-state index contributed by atoms with van der Waals surface area (Å²) in [6, 6.07) is 3.87. The number of rotatable bonds is 4. The second-order valence-electron chi connectivity index (χ2n) is 6.60. The molecule has 0 atom stereocenters. The Kier molecular flexibility index (Phi) is 4.68. The molecule has 0 radical (unpaired) electrons. The van der Waals surface area contributed by atoms with E-state index < -0.39 is 0 Å². The summed E-state index contributed by atoms with van der Waals surface area (Å²) in [5.41, 5.74) is 0.485. The summed E-state index contributed by atoms with van der Waals surface area (Å²) in [4.78, 5) is 20.9. The number of methoxy groups -OCH3 is 1. The predicted molar refractivity (Wildman–Crippen MR) is 102 cm³/mol. The lowest BCUT2D eigenvalue weighted by molar-refractivity contribution is 0.0743. The van der Waals surface area contributed by atoms with Gasteiger partial charge in [0.15, 0.2) is 11.6 Å². The van der Waals surface area contributed by atoms with Crippen LogP contribution in [0, 0.1) is 6.92 Å². The van der Waals surface area contributed by atoms with Crippen molar-refractivity contribution in [3.8, 4) is 11.7 Å². The van der Waals surface area contributed by atoms with Gasteiger partial charge in [-0.15, -0.1) is 15.3 Å². The van der Waals surface area contributed by atoms with E-state index >= 15 is 0 Å². The maximum atomic E-state index is 12.8. The van der Waals surface area contributed by atoms with Crippen molar-refractivity contribution < 1.29 is 9.53 Å². The molecule has 1 saturated heterocycles. The number of imidazole rings is 1. The van der Waals surface area contributed by atoms with Gasteiger partial charge in [-0.1, -0.05) is 0 Å². The maximum absolute atomic E-state index is 12.8. The van der Waals surface area contributed by atoms with E-state index in [2.05, 4.69) is 25.2 Å². The molecule has 0 saturated carbocycles. The van der Waals surface area contributed by atoms with Crippen LogP contribution in [0.4, 0.5) is 5.82 Å². The fraction of sp³-hybridized carbons (Fsp3) is 0.389. The average molecular weight is 382 g/mol. The van der Waals surface area contributed by atoms with E-state index in [4.69, 9.17) is 4.74 Å². The molecular formula is C18H22N8O2. The van der Waals surface area contributed by atoms with Crippen molar-refractivity contribution in [3.63, 3.8) is 0 Å². The Labute approximate surface area is 162 Å². The molecule has 28 heavy (non-hydrogen) atoms. The first-order chi connectivity index (χ1) is 13.6. The monoisotopic (exact) mass is 382 g/mol. The SMILES string of the molecule is COc1nn(C)cc1C(=O)N1CCN(c2ccc(-n3ccnc3C)nn2)CC1. The number of nitrogens with zero attached hydrogens (tertiary/aromatic N) is 8. The summed E-state index contributed by atoms with van der Waals surface area (Å²) in [5.74, 6) is 2.68. The average Bonchev–Trinajstić information content (AvgIpc) is 3.33. The van der Waals surface area contributed by atoms with Crippen molar-refractivity contribution in [2.45, 2.75) is 6.92 Å². The lowest BCUT2D eigenvalue weighted by Crippen LogP contribution is -2.49. The first kappa shape index (κ1) is 18.0. The molecule has 1 aliphatic rings. The Bertz CT molecular complexity index is 970. The van der Waals surface area contributed by atoms with Gasteiger partial charge in [0.05, 0.1) is 7.11 Å². The quantitative estimate of drug-likeness (QED) is 0.655. The van der Waals surface area contributed by atoms with Gasteiger partial charge in [0, 0.05) is 51.8 Å². The van der Waals surface area contributed by atoms with E-state index in [0.717, 1.165) is 17.5 Å². The number of amides is 1. The molecule has 0 aliphatic carbocycles. The lowest BCUT2D eigenvalue weighted by Gasteiger charge is -2.35. The van der Waals surface area contributed by atoms with E-state index in [1.54, 1.807) is 24.1 Å². The largest absolute Gasteiger partial charge is 0.479 e. The molecule has 146 valence electrons. The van der Waals surface area contributed by atoms with Crippen LogP contribution in [-0.4, -0.2) is 73.6 Å². The fourth-order valence-electron chi connectivity index (χ4n) is 3.31. The smallest absolute Gasteiger partial charge is 0.261 e. The number of hydrogen-bond acceptors (Lipinski definition) is 7. The number of aromatic nitrogens is 6. The van der Waals surface area contributed by atoms with Crippen LogP contribution >= 0.6 is 0 Å². The normalized spacial score (nSPS) is 14.4. The van der Waals surface area contributed by atoms with Crippen LogP contribution in [0.5, 0.6) is 5.88 Å². The summed E-state index contributed by atoms with van der Waals surface area (Å²) in [6.07, 6.45) is 5.28. The zero-order valence-corrected chi connectivity index (χ0v) is 16.1. The second-order valence-corrected chi connectivity index (χ2v) is 6.60. The molecule has 1 fully saturated rings. The molecule has 1 aliphatic heterocycles. The zero-order valence-electron chi connectivity index (χ0n) is 16.1. The van der Waals surface area contributed by atoms with Crippen molar-refractivity contribution in [2.75, 3.05) is 38.2 Å². The zero-order chi connectivity index (χ0) is 19.7. The Hall–Kier alpha value is -3.43. The van der Waals surface area contributed by atoms with Gasteiger partial charge in [0.2, 0.25) is 5.88 Å². The summed E-state index contributed by atoms with van der Waals surface area (Å²) in [6.45, 7) is 4.49. The highest BCUT2D eigenvalue weighted by atomic mass is 16.5. The number of carbonyl (C=O) groups is 1. The maximum Gasteiger partial charge on any atom is 0.261 e. The summed E-state index contributed by atoms with van der Waals surface area (Å²) in [5, 5.41) is 12.8. The molecule has 10 nitrogen and oxygen atoms in total. The Morgan fingerprint density at radius 1 is 1.11 bits per heavy atom. The number of piperazine rings is 1. The molecule has 10 heteroatoms. The number of aryl methyl sites for hydroxylation is 2. The van der Waals surface area contributed by atoms with Crippen molar-refractivity contribution in [2.24, 2.45) is 7.05 Å². The Balaban J connectivity index is 1.41. The minimum atomic E-state index is -0.0679. The topological polar surface area (TPSA) is 94.2 Å². The van der Waals surface area contributed by atoms with Gasteiger partial charge < -0.3 is 14.5 Å². The van der Waals surface area contributed by atoms with E-state index in [9.17, 15) is 4.79 Å². The Morgan fingerprint density at radius 3 is 2.43 bits per heavy atom. The van der Waals surface area contributed by atoms with Gasteiger partial charge in [0.25, 0.3) is 5.91 Å². The highest BCUT2D eigenvalue weighted by molar-refractivity contribution is 5.96. The van der Waals surface area contributed by atoms with Crippen LogP contribution in [0.1, 0.15) is 16.2 Å². The van der Waals surface area contributed by atoms with Crippen LogP contribution in [0.15, 0.2) is 30.7 Å². The van der Waals surface area contributed by atoms with Crippen LogP contribution in [0.2, 0.25) is 0 Å². The summed E-state index contributed by atoms with van der Waals surface area (Å²) in [7, 11) is 3.29. The van der Waals surface area contributed by atoms with Crippen LogP contribution in [0.3, 0.4) is 0 Å². The van der Waals surface area contributed by atoms with E-state index in [1.807, 2.05) is 34.7 Å². The van der Waals surface area contributed by atoms with Gasteiger partial charge in [-0.2, -0.15) is 0 Å². The van der Waals surface area contributed by atoms with Crippen molar-refractivity contribution >= 4 is 11.7 Å². The van der Waals surface area contributed by atoms with Crippen molar-refractivity contribution in [1.29, 1.82) is 0 Å². The number of carbonyl (C=O) groups excluding carboxylic acids is 1. The van der Waals surface area contributed by atoms with E-state index in [-0.39, 0.29) is 5.91 Å². The molecule has 0 N–H and O–H groups in total. The van der Waals surface area contributed by atoms with Gasteiger partial charge >= 0.3 is 0 Å². The number of ether oxygens (including phenoxy) is 1. The summed E-state index contributed by atoms with van der Waals surface area (Å²) < 4.78 is 8.67. The van der Waals surface area contributed by atoms with E-state index in [1.165, 1.54) is 7.11 Å². The molecule has 4 heterocycles. The van der Waals surface area contributed by atoms with Crippen LogP contribution in [0.25, 0.3) is 5.82 Å². The highest BCUT2D eigenvalue weighted by Gasteiger charge is 2.26. The molecule has 1 amide bonds. The van der Waals surface area contributed by atoms with Gasteiger partial charge in [-0.25, -0.2) is 4.98 Å². The minimum Gasteiger partial charge on any atom is -0.479 e. The standard InChI is InChI=1S/C18H22N8O2/c1-13-19-6-7-26(13)16-5-4-15(20-21-16)24-8-10-25(11-9-24)18(27)14-12-23(2)22-17(14)28-3/h4-7,12H,8-11H2,1-3H3. The van der Waals surface area contributed by atoms with E-state index in [0.29, 0.717) is 37.6 Å². The third kappa shape index (κ3) is 3.28. The molecule has 0 spiro atoms. The molecule has 0 unspecified atom stereocenters. The predicted octanol–water partition coefficient (Wildman–Crippen LogP) is 0.675. The van der Waals surface area contributed by atoms with Crippen LogP contribution < -0.4 is 9.64 Å². The Morgan fingerprint density at radius 2 is 1.82 bits per heavy atom. The lowest BCUT2D eigenvalue weighted by atomic mass is 10.2. The third-order valence-electron chi connectivity index (χ3n) is 4.82. The van der Waals surface area contributed by atoms with Crippen LogP contribution in [-0.2, 0) is 7.05 Å². The number of anilines is 1. The second kappa shape index (κ2) is 7.29. The first-order valence-electron chi connectivity index (χ1n) is 9.02. The van der Waals surface area contributed by atoms with Crippen molar-refractivity contribution in [1.82, 2.24) is 34.4 Å². The molecule has 0 bridgehead atoms. The number of hydrogen-bond donors (Lipinski definition) is 0. The van der Waals surface area contributed by atoms with Gasteiger partial charge in [0.1, 0.15) is 11.4 Å². The molecule has 4 rings (SSSR count). The third-order valence-corrected chi connectivity index (χ3v) is 4.82. The molecular weight excluding hydrogens is 360 g/mol. The first-order valence-corrected chi connectivity index (χ1v) is 9.02. The van der Waals surface area contributed by atoms with Gasteiger partial charge in [-0.05, 0) is 19.1 Å². The summed E-state index contributed by atoms with van der Waals surface area (Å²) >= 11 is 0. The van der Waals surface area contributed by atoms with Crippen molar-refractivity contribution in [3.05, 3.63) is 42.1 Å². The molecule has 3 aromatic rings. The minimum absolute atomic E-state index is 0.0679. The molecule has 3 aromatic heterocycles. The highest BCUT2D eigenvalue weighted by Crippen LogP contribution is 2.20. The molecule has 0 aromatic carbocycles. The van der Waals surface area contributed by atoms with Gasteiger partial charge in [-0.3, -0.25) is 14.0 Å².